The van der Waals surface area contributed by atoms with Crippen LogP contribution in [0.25, 0.3) is 0 Å². The van der Waals surface area contributed by atoms with Crippen molar-refractivity contribution in [3.63, 3.8) is 0 Å². The zero-order valence-corrected chi connectivity index (χ0v) is 16.7. The van der Waals surface area contributed by atoms with E-state index in [4.69, 9.17) is 4.74 Å². The van der Waals surface area contributed by atoms with Gasteiger partial charge in [0.1, 0.15) is 5.75 Å². The van der Waals surface area contributed by atoms with E-state index in [1.54, 1.807) is 13.2 Å². The second-order valence-electron chi connectivity index (χ2n) is 8.60. The number of hydrogen-bond donors (Lipinski definition) is 3. The van der Waals surface area contributed by atoms with Crippen molar-refractivity contribution in [3.8, 4) is 5.75 Å². The fourth-order valence-electron chi connectivity index (χ4n) is 4.91. The fourth-order valence-corrected chi connectivity index (χ4v) is 4.91. The highest BCUT2D eigenvalue weighted by molar-refractivity contribution is 5.98. The summed E-state index contributed by atoms with van der Waals surface area (Å²) in [5, 5.41) is 9.45. The maximum Gasteiger partial charge on any atom is 0.228 e. The van der Waals surface area contributed by atoms with Crippen LogP contribution in [0.2, 0.25) is 0 Å². The Morgan fingerprint density at radius 1 is 1.07 bits per heavy atom. The summed E-state index contributed by atoms with van der Waals surface area (Å²) >= 11 is 0. The van der Waals surface area contributed by atoms with E-state index in [-0.39, 0.29) is 29.1 Å². The van der Waals surface area contributed by atoms with E-state index in [2.05, 4.69) is 16.0 Å². The third-order valence-corrected chi connectivity index (χ3v) is 6.81. The molecule has 0 radical (unpaired) electrons. The zero-order valence-electron chi connectivity index (χ0n) is 16.7. The van der Waals surface area contributed by atoms with Crippen LogP contribution < -0.4 is 20.7 Å². The van der Waals surface area contributed by atoms with Gasteiger partial charge in [-0.3, -0.25) is 9.59 Å². The lowest BCUT2D eigenvalue weighted by Gasteiger charge is -2.23. The van der Waals surface area contributed by atoms with Crippen molar-refractivity contribution in [2.45, 2.75) is 51.4 Å². The molecule has 1 unspecified atom stereocenters. The molecule has 0 bridgehead atoms. The number of carbonyl (C=O) groups is 2. The predicted molar refractivity (Wildman–Crippen MR) is 109 cm³/mol. The van der Waals surface area contributed by atoms with Crippen molar-refractivity contribution in [2.24, 2.45) is 17.3 Å². The summed E-state index contributed by atoms with van der Waals surface area (Å²) in [7, 11) is 1.59. The minimum atomic E-state index is 0.0531. The first-order chi connectivity index (χ1) is 13.6. The summed E-state index contributed by atoms with van der Waals surface area (Å²) in [6, 6.07) is 5.46. The van der Waals surface area contributed by atoms with Gasteiger partial charge >= 0.3 is 0 Å². The Kier molecular flexibility index (Phi) is 5.58. The van der Waals surface area contributed by atoms with Crippen molar-refractivity contribution >= 4 is 23.2 Å². The third-order valence-electron chi connectivity index (χ3n) is 6.81. The standard InChI is InChI=1S/C22H31N3O3/c1-28-19-8-7-16(13-18(19)25-20(26)15-5-3-2-4-6-15)24-21(27)17-14-22(17)9-11-23-12-10-22/h7-8,13,15,17,23H,2-6,9-12,14H2,1H3,(H,24,27)(H,25,26). The number of rotatable bonds is 5. The summed E-state index contributed by atoms with van der Waals surface area (Å²) in [4.78, 5) is 25.4. The number of carbonyl (C=O) groups excluding carboxylic acids is 2. The molecule has 2 aliphatic carbocycles. The van der Waals surface area contributed by atoms with Crippen molar-refractivity contribution in [3.05, 3.63) is 18.2 Å². The largest absolute Gasteiger partial charge is 0.495 e. The summed E-state index contributed by atoms with van der Waals surface area (Å²) in [6.07, 6.45) is 8.49. The van der Waals surface area contributed by atoms with Crippen LogP contribution in [-0.4, -0.2) is 32.0 Å². The molecule has 3 N–H and O–H groups in total. The highest BCUT2D eigenvalue weighted by Crippen LogP contribution is 2.58. The lowest BCUT2D eigenvalue weighted by molar-refractivity contribution is -0.121. The molecule has 6 heteroatoms. The highest BCUT2D eigenvalue weighted by atomic mass is 16.5. The first-order valence-corrected chi connectivity index (χ1v) is 10.6. The molecule has 3 fully saturated rings. The number of amides is 2. The first kappa shape index (κ1) is 19.2. The Morgan fingerprint density at radius 2 is 1.82 bits per heavy atom. The number of nitrogens with one attached hydrogen (secondary N) is 3. The number of piperidine rings is 1. The number of anilines is 2. The van der Waals surface area contributed by atoms with Gasteiger partial charge in [0.05, 0.1) is 12.8 Å². The maximum absolute atomic E-state index is 12.7. The topological polar surface area (TPSA) is 79.5 Å². The molecule has 2 amide bonds. The van der Waals surface area contributed by atoms with Crippen molar-refractivity contribution in [1.82, 2.24) is 5.32 Å². The van der Waals surface area contributed by atoms with Gasteiger partial charge in [0, 0.05) is 17.5 Å². The second kappa shape index (κ2) is 8.11. The van der Waals surface area contributed by atoms with Gasteiger partial charge in [0.25, 0.3) is 0 Å². The van der Waals surface area contributed by atoms with Gasteiger partial charge in [-0.2, -0.15) is 0 Å². The Balaban J connectivity index is 1.41. The van der Waals surface area contributed by atoms with E-state index < -0.39 is 0 Å². The fraction of sp³-hybridized carbons (Fsp3) is 0.636. The van der Waals surface area contributed by atoms with Crippen LogP contribution in [-0.2, 0) is 9.59 Å². The summed E-state index contributed by atoms with van der Waals surface area (Å²) < 4.78 is 5.41. The Bertz CT molecular complexity index is 737. The lowest BCUT2D eigenvalue weighted by Crippen LogP contribution is -2.31. The molecule has 2 saturated carbocycles. The molecule has 4 rings (SSSR count). The van der Waals surface area contributed by atoms with Crippen molar-refractivity contribution < 1.29 is 14.3 Å². The van der Waals surface area contributed by atoms with E-state index in [1.165, 1.54) is 6.42 Å². The van der Waals surface area contributed by atoms with Crippen LogP contribution in [0.5, 0.6) is 5.75 Å². The molecule has 0 aromatic heterocycles. The predicted octanol–water partition coefficient (Wildman–Crippen LogP) is 3.54. The van der Waals surface area contributed by atoms with Crippen LogP contribution in [0.4, 0.5) is 11.4 Å². The quantitative estimate of drug-likeness (QED) is 0.724. The van der Waals surface area contributed by atoms with Crippen LogP contribution >= 0.6 is 0 Å². The van der Waals surface area contributed by atoms with Crippen LogP contribution in [0.3, 0.4) is 0 Å². The minimum absolute atomic E-state index is 0.0531. The van der Waals surface area contributed by atoms with Crippen molar-refractivity contribution in [2.75, 3.05) is 30.8 Å². The van der Waals surface area contributed by atoms with E-state index in [0.29, 0.717) is 17.1 Å². The number of ether oxygens (including phenoxy) is 1. The molecule has 1 aliphatic heterocycles. The minimum Gasteiger partial charge on any atom is -0.495 e. The molecule has 28 heavy (non-hydrogen) atoms. The maximum atomic E-state index is 12.7. The van der Waals surface area contributed by atoms with Crippen LogP contribution in [0, 0.1) is 17.3 Å². The lowest BCUT2D eigenvalue weighted by atomic mass is 9.88. The number of benzene rings is 1. The zero-order chi connectivity index (χ0) is 19.6. The van der Waals surface area contributed by atoms with Crippen molar-refractivity contribution in [1.29, 1.82) is 0 Å². The van der Waals surface area contributed by atoms with E-state index in [0.717, 1.165) is 58.0 Å². The molecule has 1 heterocycles. The average molecular weight is 386 g/mol. The van der Waals surface area contributed by atoms with Gasteiger partial charge in [-0.25, -0.2) is 0 Å². The van der Waals surface area contributed by atoms with Crippen LogP contribution in [0.1, 0.15) is 51.4 Å². The molecule has 1 spiro atoms. The molecule has 152 valence electrons. The molecular weight excluding hydrogens is 354 g/mol. The SMILES string of the molecule is COc1ccc(NC(=O)C2CC23CCNCC3)cc1NC(=O)C1CCCCC1. The van der Waals surface area contributed by atoms with E-state index >= 15 is 0 Å². The average Bonchev–Trinajstić information content (AvgIpc) is 3.42. The van der Waals surface area contributed by atoms with Gasteiger partial charge in [-0.1, -0.05) is 19.3 Å². The van der Waals surface area contributed by atoms with Gasteiger partial charge in [0.2, 0.25) is 11.8 Å². The van der Waals surface area contributed by atoms with E-state index in [9.17, 15) is 9.59 Å². The summed E-state index contributed by atoms with van der Waals surface area (Å²) in [5.41, 5.74) is 1.55. The smallest absolute Gasteiger partial charge is 0.228 e. The number of hydrogen-bond acceptors (Lipinski definition) is 4. The van der Waals surface area contributed by atoms with Gasteiger partial charge in [-0.15, -0.1) is 0 Å². The molecular formula is C22H31N3O3. The monoisotopic (exact) mass is 385 g/mol. The van der Waals surface area contributed by atoms with Gasteiger partial charge < -0.3 is 20.7 Å². The molecule has 1 atom stereocenters. The van der Waals surface area contributed by atoms with Gasteiger partial charge in [-0.05, 0) is 68.8 Å². The van der Waals surface area contributed by atoms with Crippen LogP contribution in [0.15, 0.2) is 18.2 Å². The molecule has 6 nitrogen and oxygen atoms in total. The second-order valence-corrected chi connectivity index (χ2v) is 8.60. The third kappa shape index (κ3) is 4.02. The first-order valence-electron chi connectivity index (χ1n) is 10.6. The van der Waals surface area contributed by atoms with E-state index in [1.807, 2.05) is 12.1 Å². The van der Waals surface area contributed by atoms with Gasteiger partial charge in [0.15, 0.2) is 0 Å². The number of methoxy groups -OCH3 is 1. The Morgan fingerprint density at radius 3 is 2.54 bits per heavy atom. The Hall–Kier alpha value is -2.08. The Labute approximate surface area is 166 Å². The molecule has 3 aliphatic rings. The normalized spacial score (nSPS) is 23.8. The molecule has 1 aromatic carbocycles. The molecule has 1 aromatic rings. The molecule has 1 saturated heterocycles. The summed E-state index contributed by atoms with van der Waals surface area (Å²) in [6.45, 7) is 2.01. The highest BCUT2D eigenvalue weighted by Gasteiger charge is 2.57. The summed E-state index contributed by atoms with van der Waals surface area (Å²) in [5.74, 6) is 0.942.